The Morgan fingerprint density at radius 3 is 2.37 bits per heavy atom. The molecule has 106 valence electrons. The molecule has 4 nitrogen and oxygen atoms in total. The predicted molar refractivity (Wildman–Crippen MR) is 78.4 cm³/mol. The SMILES string of the molecule is COc1ccc(N2CCN(CC(O)CCl)CC2)cc1. The standard InChI is InChI=1S/C14H21ClN2O2/c1-19-14-4-2-12(3-5-14)17-8-6-16(7-9-17)11-13(18)10-15/h2-5,13,18H,6-11H2,1H3. The van der Waals surface area contributed by atoms with Crippen LogP contribution in [0.15, 0.2) is 24.3 Å². The lowest BCUT2D eigenvalue weighted by Gasteiger charge is -2.36. The van der Waals surface area contributed by atoms with Crippen molar-refractivity contribution in [3.8, 4) is 5.75 Å². The number of aliphatic hydroxyl groups excluding tert-OH is 1. The zero-order valence-corrected chi connectivity index (χ0v) is 12.0. The van der Waals surface area contributed by atoms with Crippen molar-refractivity contribution < 1.29 is 9.84 Å². The second-order valence-electron chi connectivity index (χ2n) is 4.79. The van der Waals surface area contributed by atoms with E-state index in [1.807, 2.05) is 12.1 Å². The number of rotatable bonds is 5. The molecule has 0 aliphatic carbocycles. The van der Waals surface area contributed by atoms with E-state index in [0.717, 1.165) is 31.9 Å². The minimum Gasteiger partial charge on any atom is -0.497 e. The van der Waals surface area contributed by atoms with Gasteiger partial charge in [0, 0.05) is 44.3 Å². The Morgan fingerprint density at radius 2 is 1.84 bits per heavy atom. The molecule has 0 radical (unpaired) electrons. The number of hydrogen-bond donors (Lipinski definition) is 1. The van der Waals surface area contributed by atoms with Gasteiger partial charge in [0.1, 0.15) is 5.75 Å². The molecule has 0 aromatic heterocycles. The van der Waals surface area contributed by atoms with Gasteiger partial charge in [-0.3, -0.25) is 4.90 Å². The van der Waals surface area contributed by atoms with Gasteiger partial charge in [-0.05, 0) is 24.3 Å². The molecule has 1 N–H and O–H groups in total. The zero-order valence-electron chi connectivity index (χ0n) is 11.3. The maximum atomic E-state index is 9.55. The van der Waals surface area contributed by atoms with Gasteiger partial charge >= 0.3 is 0 Å². The molecule has 1 aromatic rings. The number of ether oxygens (including phenoxy) is 1. The van der Waals surface area contributed by atoms with Crippen LogP contribution in [0.4, 0.5) is 5.69 Å². The fourth-order valence-corrected chi connectivity index (χ4v) is 2.43. The lowest BCUT2D eigenvalue weighted by atomic mass is 10.2. The van der Waals surface area contributed by atoms with E-state index in [1.54, 1.807) is 7.11 Å². The molecule has 0 saturated carbocycles. The molecule has 5 heteroatoms. The van der Waals surface area contributed by atoms with Crippen molar-refractivity contribution in [2.75, 3.05) is 50.6 Å². The van der Waals surface area contributed by atoms with Gasteiger partial charge in [0.2, 0.25) is 0 Å². The molecular weight excluding hydrogens is 264 g/mol. The quantitative estimate of drug-likeness (QED) is 0.830. The summed E-state index contributed by atoms with van der Waals surface area (Å²) >= 11 is 5.63. The summed E-state index contributed by atoms with van der Waals surface area (Å²) in [6, 6.07) is 8.14. The highest BCUT2D eigenvalue weighted by molar-refractivity contribution is 6.18. The average molecular weight is 285 g/mol. The summed E-state index contributed by atoms with van der Waals surface area (Å²) in [6.07, 6.45) is -0.422. The van der Waals surface area contributed by atoms with Crippen LogP contribution < -0.4 is 9.64 Å². The van der Waals surface area contributed by atoms with Crippen LogP contribution in [0, 0.1) is 0 Å². The molecule has 1 fully saturated rings. The van der Waals surface area contributed by atoms with Crippen LogP contribution >= 0.6 is 11.6 Å². The first-order chi connectivity index (χ1) is 9.22. The summed E-state index contributed by atoms with van der Waals surface area (Å²) in [5.41, 5.74) is 1.22. The maximum Gasteiger partial charge on any atom is 0.119 e. The number of methoxy groups -OCH3 is 1. The van der Waals surface area contributed by atoms with Crippen molar-refractivity contribution in [1.82, 2.24) is 4.90 Å². The molecule has 1 aliphatic heterocycles. The Morgan fingerprint density at radius 1 is 1.21 bits per heavy atom. The van der Waals surface area contributed by atoms with E-state index in [2.05, 4.69) is 21.9 Å². The molecule has 19 heavy (non-hydrogen) atoms. The smallest absolute Gasteiger partial charge is 0.119 e. The number of β-amino-alcohol motifs (C(OH)–C–C–N with tert-alkyl or cyclic N) is 1. The van der Waals surface area contributed by atoms with Crippen molar-refractivity contribution in [2.45, 2.75) is 6.10 Å². The summed E-state index contributed by atoms with van der Waals surface area (Å²) in [7, 11) is 1.68. The van der Waals surface area contributed by atoms with Gasteiger partial charge in [0.05, 0.1) is 13.2 Å². The second kappa shape index (κ2) is 6.98. The number of aliphatic hydroxyl groups is 1. The fraction of sp³-hybridized carbons (Fsp3) is 0.571. The monoisotopic (exact) mass is 284 g/mol. The Labute approximate surface area is 119 Å². The lowest BCUT2D eigenvalue weighted by molar-refractivity contribution is 0.125. The highest BCUT2D eigenvalue weighted by Crippen LogP contribution is 2.20. The van der Waals surface area contributed by atoms with Crippen LogP contribution in [-0.4, -0.2) is 61.8 Å². The van der Waals surface area contributed by atoms with Gasteiger partial charge in [-0.15, -0.1) is 11.6 Å². The minimum absolute atomic E-state index is 0.304. The minimum atomic E-state index is -0.422. The van der Waals surface area contributed by atoms with Gasteiger partial charge in [-0.2, -0.15) is 0 Å². The Bertz CT molecular complexity index is 378. The van der Waals surface area contributed by atoms with Crippen LogP contribution in [0.2, 0.25) is 0 Å². The third-order valence-electron chi connectivity index (χ3n) is 3.46. The van der Waals surface area contributed by atoms with Gasteiger partial charge < -0.3 is 14.7 Å². The van der Waals surface area contributed by atoms with E-state index in [4.69, 9.17) is 16.3 Å². The summed E-state index contributed by atoms with van der Waals surface area (Å²) in [5, 5.41) is 9.55. The zero-order chi connectivity index (χ0) is 13.7. The molecule has 1 aliphatic rings. The van der Waals surface area contributed by atoms with E-state index in [1.165, 1.54) is 5.69 Å². The number of alkyl halides is 1. The molecule has 0 bridgehead atoms. The molecule has 0 spiro atoms. The molecular formula is C14H21ClN2O2. The van der Waals surface area contributed by atoms with Crippen LogP contribution in [0.5, 0.6) is 5.75 Å². The molecule has 1 unspecified atom stereocenters. The lowest BCUT2D eigenvalue weighted by Crippen LogP contribution is -2.48. The highest BCUT2D eigenvalue weighted by Gasteiger charge is 2.19. The summed E-state index contributed by atoms with van der Waals surface area (Å²) in [4.78, 5) is 4.61. The largest absolute Gasteiger partial charge is 0.497 e. The Hall–Kier alpha value is -0.970. The van der Waals surface area contributed by atoms with Gasteiger partial charge in [0.15, 0.2) is 0 Å². The number of hydrogen-bond acceptors (Lipinski definition) is 4. The molecule has 1 heterocycles. The van der Waals surface area contributed by atoms with E-state index >= 15 is 0 Å². The fourth-order valence-electron chi connectivity index (χ4n) is 2.33. The van der Waals surface area contributed by atoms with Gasteiger partial charge in [-0.1, -0.05) is 0 Å². The third kappa shape index (κ3) is 4.00. The number of piperazine rings is 1. The summed E-state index contributed by atoms with van der Waals surface area (Å²) in [6.45, 7) is 4.53. The number of nitrogens with zero attached hydrogens (tertiary/aromatic N) is 2. The summed E-state index contributed by atoms with van der Waals surface area (Å²) < 4.78 is 5.16. The molecule has 2 rings (SSSR count). The van der Waals surface area contributed by atoms with E-state index in [0.29, 0.717) is 12.4 Å². The van der Waals surface area contributed by atoms with Crippen LogP contribution in [0.3, 0.4) is 0 Å². The first-order valence-corrected chi connectivity index (χ1v) is 7.11. The topological polar surface area (TPSA) is 35.9 Å². The van der Waals surface area contributed by atoms with Gasteiger partial charge in [0.25, 0.3) is 0 Å². The van der Waals surface area contributed by atoms with Crippen molar-refractivity contribution in [1.29, 1.82) is 0 Å². The maximum absolute atomic E-state index is 9.55. The first-order valence-electron chi connectivity index (χ1n) is 6.58. The number of anilines is 1. The van der Waals surface area contributed by atoms with Crippen molar-refractivity contribution in [3.05, 3.63) is 24.3 Å². The van der Waals surface area contributed by atoms with Crippen LogP contribution in [0.1, 0.15) is 0 Å². The van der Waals surface area contributed by atoms with Gasteiger partial charge in [-0.25, -0.2) is 0 Å². The molecule has 1 saturated heterocycles. The Balaban J connectivity index is 1.85. The van der Waals surface area contributed by atoms with Crippen molar-refractivity contribution >= 4 is 17.3 Å². The first kappa shape index (κ1) is 14.4. The third-order valence-corrected chi connectivity index (χ3v) is 3.81. The molecule has 1 aromatic carbocycles. The number of benzene rings is 1. The van der Waals surface area contributed by atoms with Crippen LogP contribution in [-0.2, 0) is 0 Å². The van der Waals surface area contributed by atoms with E-state index in [9.17, 15) is 5.11 Å². The van der Waals surface area contributed by atoms with Crippen LogP contribution in [0.25, 0.3) is 0 Å². The second-order valence-corrected chi connectivity index (χ2v) is 5.10. The summed E-state index contributed by atoms with van der Waals surface area (Å²) in [5.74, 6) is 1.19. The normalized spacial score (nSPS) is 18.4. The number of halogens is 1. The van der Waals surface area contributed by atoms with E-state index < -0.39 is 6.10 Å². The van der Waals surface area contributed by atoms with Crippen molar-refractivity contribution in [2.24, 2.45) is 0 Å². The van der Waals surface area contributed by atoms with Crippen molar-refractivity contribution in [3.63, 3.8) is 0 Å². The molecule has 0 amide bonds. The Kier molecular flexibility index (Phi) is 5.31. The average Bonchev–Trinajstić information content (AvgIpc) is 2.48. The predicted octanol–water partition coefficient (Wildman–Crippen LogP) is 1.42. The highest BCUT2D eigenvalue weighted by atomic mass is 35.5. The molecule has 1 atom stereocenters. The van der Waals surface area contributed by atoms with E-state index in [-0.39, 0.29) is 0 Å².